The highest BCUT2D eigenvalue weighted by Gasteiger charge is 2.54. The van der Waals surface area contributed by atoms with Gasteiger partial charge >= 0.3 is 5.97 Å². The number of carboxylic acid groups (broad SMARTS) is 1. The van der Waals surface area contributed by atoms with Crippen LogP contribution in [-0.4, -0.2) is 42.3 Å². The molecule has 1 heterocycles. The van der Waals surface area contributed by atoms with Crippen molar-refractivity contribution in [1.29, 1.82) is 0 Å². The van der Waals surface area contributed by atoms with E-state index in [2.05, 4.69) is 0 Å². The Morgan fingerprint density at radius 1 is 1.07 bits per heavy atom. The molecule has 3 atom stereocenters. The van der Waals surface area contributed by atoms with Gasteiger partial charge < -0.3 is 10.0 Å². The zero-order valence-corrected chi connectivity index (χ0v) is 18.7. The molecule has 0 bridgehead atoms. The lowest BCUT2D eigenvalue weighted by molar-refractivity contribution is -0.143. The van der Waals surface area contributed by atoms with E-state index in [0.29, 0.717) is 21.2 Å². The molecule has 1 aliphatic heterocycles. The first-order valence-corrected chi connectivity index (χ1v) is 11.8. The van der Waals surface area contributed by atoms with Crippen molar-refractivity contribution in [2.75, 3.05) is 0 Å². The molecule has 1 aliphatic rings. The normalized spacial score (nSPS) is 24.7. The van der Waals surface area contributed by atoms with Crippen molar-refractivity contribution >= 4 is 45.7 Å². The number of carbonyl (C=O) groups excluding carboxylic acids is 1. The SMILES string of the molecule is CC(C)N1C(=O)[C@@H](CC(=O)O)S(O)(O)[C@@H](c2cccc(Cl)c2)[C@H]1c1ccc(Cl)cc1. The minimum Gasteiger partial charge on any atom is -0.481 e. The molecule has 162 valence electrons. The summed E-state index contributed by atoms with van der Waals surface area (Å²) in [6, 6.07) is 12.4. The molecule has 1 amide bonds. The third-order valence-electron chi connectivity index (χ3n) is 5.21. The van der Waals surface area contributed by atoms with E-state index < -0.39 is 45.4 Å². The smallest absolute Gasteiger partial charge is 0.305 e. The second-order valence-corrected chi connectivity index (χ2v) is 10.8. The number of nitrogens with zero attached hydrogens (tertiary/aromatic N) is 1. The van der Waals surface area contributed by atoms with Crippen molar-refractivity contribution < 1.29 is 23.8 Å². The van der Waals surface area contributed by atoms with E-state index in [4.69, 9.17) is 23.2 Å². The number of aliphatic carboxylic acids is 1. The van der Waals surface area contributed by atoms with E-state index in [-0.39, 0.29) is 6.04 Å². The van der Waals surface area contributed by atoms with Crippen molar-refractivity contribution in [1.82, 2.24) is 4.90 Å². The quantitative estimate of drug-likeness (QED) is 0.525. The van der Waals surface area contributed by atoms with E-state index in [0.717, 1.165) is 0 Å². The Morgan fingerprint density at radius 3 is 2.23 bits per heavy atom. The first-order chi connectivity index (χ1) is 14.0. The van der Waals surface area contributed by atoms with Gasteiger partial charge in [0.2, 0.25) is 5.91 Å². The fourth-order valence-corrected chi connectivity index (χ4v) is 6.67. The Morgan fingerprint density at radius 2 is 1.70 bits per heavy atom. The molecule has 9 heteroatoms. The van der Waals surface area contributed by atoms with Crippen LogP contribution >= 0.6 is 33.8 Å². The highest BCUT2D eigenvalue weighted by molar-refractivity contribution is 8.25. The average Bonchev–Trinajstić information content (AvgIpc) is 2.64. The molecular weight excluding hydrogens is 449 g/mol. The lowest BCUT2D eigenvalue weighted by Gasteiger charge is -2.57. The zero-order valence-electron chi connectivity index (χ0n) is 16.4. The summed E-state index contributed by atoms with van der Waals surface area (Å²) < 4.78 is 22.6. The van der Waals surface area contributed by atoms with Gasteiger partial charge in [-0.25, -0.2) is 0 Å². The number of carboxylic acids is 1. The van der Waals surface area contributed by atoms with Crippen LogP contribution in [0.15, 0.2) is 48.5 Å². The predicted molar refractivity (Wildman–Crippen MR) is 119 cm³/mol. The maximum Gasteiger partial charge on any atom is 0.305 e. The summed E-state index contributed by atoms with van der Waals surface area (Å²) in [5, 5.41) is 7.84. The average molecular weight is 472 g/mol. The van der Waals surface area contributed by atoms with Gasteiger partial charge in [0.25, 0.3) is 0 Å². The lowest BCUT2D eigenvalue weighted by atomic mass is 9.94. The van der Waals surface area contributed by atoms with Crippen LogP contribution in [0, 0.1) is 0 Å². The predicted octanol–water partition coefficient (Wildman–Crippen LogP) is 5.62. The van der Waals surface area contributed by atoms with Gasteiger partial charge in [-0.2, -0.15) is 10.6 Å². The summed E-state index contributed by atoms with van der Waals surface area (Å²) in [5.74, 6) is -1.86. The summed E-state index contributed by atoms with van der Waals surface area (Å²) in [7, 11) is -3.72. The van der Waals surface area contributed by atoms with E-state index in [1.165, 1.54) is 0 Å². The third kappa shape index (κ3) is 4.31. The molecule has 3 rings (SSSR count). The van der Waals surface area contributed by atoms with E-state index in [9.17, 15) is 23.8 Å². The molecule has 3 N–H and O–H groups in total. The molecule has 30 heavy (non-hydrogen) atoms. The monoisotopic (exact) mass is 471 g/mol. The first kappa shape index (κ1) is 22.9. The minimum atomic E-state index is -3.72. The van der Waals surface area contributed by atoms with Crippen LogP contribution in [-0.2, 0) is 9.59 Å². The van der Waals surface area contributed by atoms with E-state index in [1.54, 1.807) is 53.4 Å². The Labute approximate surface area is 186 Å². The maximum atomic E-state index is 13.3. The summed E-state index contributed by atoms with van der Waals surface area (Å²) in [6.07, 6.45) is -0.672. The molecule has 0 radical (unpaired) electrons. The second kappa shape index (κ2) is 8.77. The van der Waals surface area contributed by atoms with Gasteiger partial charge in [-0.3, -0.25) is 18.7 Å². The van der Waals surface area contributed by atoms with Gasteiger partial charge in [-0.15, -0.1) is 0 Å². The molecule has 1 fully saturated rings. The zero-order chi connectivity index (χ0) is 22.2. The number of halogens is 2. The Hall–Kier alpha value is -1.77. The Balaban J connectivity index is 2.26. The first-order valence-electron chi connectivity index (χ1n) is 9.34. The molecule has 0 saturated carbocycles. The van der Waals surface area contributed by atoms with Crippen LogP contribution in [0.2, 0.25) is 10.0 Å². The van der Waals surface area contributed by atoms with Crippen LogP contribution in [0.4, 0.5) is 0 Å². The molecular formula is C21H23Cl2NO5S. The minimum absolute atomic E-state index is 0.313. The molecule has 0 spiro atoms. The van der Waals surface area contributed by atoms with Crippen LogP contribution in [0.3, 0.4) is 0 Å². The van der Waals surface area contributed by atoms with Gasteiger partial charge in [0.05, 0.1) is 17.7 Å². The van der Waals surface area contributed by atoms with Gasteiger partial charge in [-0.1, -0.05) is 47.5 Å². The lowest BCUT2D eigenvalue weighted by Crippen LogP contribution is -2.55. The van der Waals surface area contributed by atoms with E-state index in [1.807, 2.05) is 13.8 Å². The van der Waals surface area contributed by atoms with Crippen molar-refractivity contribution in [3.8, 4) is 0 Å². The Bertz CT molecular complexity index is 951. The largest absolute Gasteiger partial charge is 0.481 e. The molecule has 2 aromatic rings. The summed E-state index contributed by atoms with van der Waals surface area (Å²) in [4.78, 5) is 26.3. The fraction of sp³-hybridized carbons (Fsp3) is 0.333. The highest BCUT2D eigenvalue weighted by atomic mass is 35.5. The van der Waals surface area contributed by atoms with Crippen LogP contribution in [0.1, 0.15) is 42.7 Å². The van der Waals surface area contributed by atoms with Gasteiger partial charge in [0.15, 0.2) is 0 Å². The van der Waals surface area contributed by atoms with Crippen molar-refractivity contribution in [3.05, 3.63) is 69.7 Å². The summed E-state index contributed by atoms with van der Waals surface area (Å²) in [5.41, 5.74) is 1.19. The molecule has 0 aromatic heterocycles. The Kier molecular flexibility index (Phi) is 6.69. The highest BCUT2D eigenvalue weighted by Crippen LogP contribution is 2.67. The van der Waals surface area contributed by atoms with Crippen molar-refractivity contribution in [2.45, 2.75) is 42.9 Å². The number of rotatable bonds is 5. The number of amides is 1. The van der Waals surface area contributed by atoms with Crippen LogP contribution in [0.5, 0.6) is 0 Å². The van der Waals surface area contributed by atoms with Gasteiger partial charge in [0.1, 0.15) is 5.25 Å². The van der Waals surface area contributed by atoms with Crippen molar-refractivity contribution in [3.63, 3.8) is 0 Å². The topological polar surface area (TPSA) is 98.1 Å². The molecule has 6 nitrogen and oxygen atoms in total. The van der Waals surface area contributed by atoms with Crippen molar-refractivity contribution in [2.24, 2.45) is 0 Å². The molecule has 0 aliphatic carbocycles. The fourth-order valence-electron chi connectivity index (χ4n) is 3.97. The number of benzene rings is 2. The number of hydrogen-bond donors (Lipinski definition) is 3. The standard InChI is InChI=1S/C21H23Cl2NO5S/c1-12(2)24-19(13-6-8-15(22)9-7-13)20(14-4-3-5-16(23)10-14)30(28,29)17(21(24)27)11-18(25)26/h3-10,12,17,19-20,28-29H,11H2,1-2H3,(H,25,26)/t17-,19-,20+/m1/s1. The summed E-state index contributed by atoms with van der Waals surface area (Å²) >= 11 is 12.2. The maximum absolute atomic E-state index is 13.3. The number of carbonyl (C=O) groups is 2. The second-order valence-electron chi connectivity index (χ2n) is 7.54. The third-order valence-corrected chi connectivity index (χ3v) is 8.18. The van der Waals surface area contributed by atoms with E-state index >= 15 is 0 Å². The molecule has 2 aromatic carbocycles. The molecule has 1 saturated heterocycles. The van der Waals surface area contributed by atoms with Crippen LogP contribution < -0.4 is 0 Å². The molecule has 0 unspecified atom stereocenters. The van der Waals surface area contributed by atoms with Crippen LogP contribution in [0.25, 0.3) is 0 Å². The van der Waals surface area contributed by atoms with Gasteiger partial charge in [-0.05, 0) is 49.2 Å². The number of hydrogen-bond acceptors (Lipinski definition) is 4. The van der Waals surface area contributed by atoms with Gasteiger partial charge in [0, 0.05) is 16.1 Å². The summed E-state index contributed by atoms with van der Waals surface area (Å²) in [6.45, 7) is 3.62.